The molecule has 0 aliphatic rings. The van der Waals surface area contributed by atoms with Crippen molar-refractivity contribution in [2.24, 2.45) is 0 Å². The summed E-state index contributed by atoms with van der Waals surface area (Å²) in [6.07, 6.45) is 0.898. The summed E-state index contributed by atoms with van der Waals surface area (Å²) in [5.74, 6) is 0.000556. The number of hydrogen-bond acceptors (Lipinski definition) is 1. The maximum absolute atomic E-state index is 12.2. The van der Waals surface area contributed by atoms with Crippen LogP contribution in [0.25, 0.3) is 0 Å². The van der Waals surface area contributed by atoms with Gasteiger partial charge < -0.3 is 5.32 Å². The van der Waals surface area contributed by atoms with Crippen molar-refractivity contribution in [1.29, 1.82) is 0 Å². The summed E-state index contributed by atoms with van der Waals surface area (Å²) < 4.78 is 0. The Hall–Kier alpha value is -0.830. The summed E-state index contributed by atoms with van der Waals surface area (Å²) >= 11 is 3.45. The number of rotatable bonds is 4. The number of halogens is 1. The first-order valence-corrected chi connectivity index (χ1v) is 6.99. The summed E-state index contributed by atoms with van der Waals surface area (Å²) in [7, 11) is 0. The van der Waals surface area contributed by atoms with E-state index >= 15 is 0 Å². The van der Waals surface area contributed by atoms with Crippen molar-refractivity contribution in [3.8, 4) is 0 Å². The second-order valence-electron chi connectivity index (χ2n) is 4.88. The Bertz CT molecular complexity index is 390. The van der Waals surface area contributed by atoms with Crippen LogP contribution in [0.5, 0.6) is 0 Å². The zero-order valence-electron chi connectivity index (χ0n) is 10.9. The van der Waals surface area contributed by atoms with E-state index in [2.05, 4.69) is 34.2 Å². The lowest BCUT2D eigenvalue weighted by Crippen LogP contribution is -2.46. The number of amides is 1. The summed E-state index contributed by atoms with van der Waals surface area (Å²) in [5, 5.41) is 3.83. The van der Waals surface area contributed by atoms with E-state index < -0.39 is 0 Å². The Kier molecular flexibility index (Phi) is 4.75. The molecule has 17 heavy (non-hydrogen) atoms. The second-order valence-corrected chi connectivity index (χ2v) is 5.44. The van der Waals surface area contributed by atoms with Gasteiger partial charge >= 0.3 is 0 Å². The fourth-order valence-electron chi connectivity index (χ4n) is 1.67. The molecule has 1 amide bonds. The molecule has 0 fully saturated rings. The molecule has 2 nitrogen and oxygen atoms in total. The van der Waals surface area contributed by atoms with E-state index in [-0.39, 0.29) is 11.4 Å². The number of alkyl halides is 1. The molecule has 94 valence electrons. The van der Waals surface area contributed by atoms with Crippen molar-refractivity contribution in [3.05, 3.63) is 34.9 Å². The molecule has 1 aromatic rings. The second kappa shape index (κ2) is 5.67. The molecular weight excluding hydrogens is 278 g/mol. The van der Waals surface area contributed by atoms with E-state index in [0.29, 0.717) is 0 Å². The highest BCUT2D eigenvalue weighted by molar-refractivity contribution is 9.09. The molecule has 0 radical (unpaired) electrons. The van der Waals surface area contributed by atoms with Crippen molar-refractivity contribution in [2.45, 2.75) is 39.7 Å². The van der Waals surface area contributed by atoms with Crippen LogP contribution >= 0.6 is 15.9 Å². The lowest BCUT2D eigenvalue weighted by atomic mass is 10.0. The number of hydrogen-bond donors (Lipinski definition) is 1. The van der Waals surface area contributed by atoms with Gasteiger partial charge in [0.15, 0.2) is 0 Å². The summed E-state index contributed by atoms with van der Waals surface area (Å²) in [5.41, 5.74) is 2.79. The fourth-order valence-corrected chi connectivity index (χ4v) is 2.21. The quantitative estimate of drug-likeness (QED) is 0.846. The molecule has 1 rings (SSSR count). The molecule has 1 aromatic carbocycles. The molecule has 0 aromatic heterocycles. The molecule has 0 saturated heterocycles. The number of benzene rings is 1. The van der Waals surface area contributed by atoms with Crippen LogP contribution < -0.4 is 5.32 Å². The fraction of sp³-hybridized carbons (Fsp3) is 0.500. The summed E-state index contributed by atoms with van der Waals surface area (Å²) in [4.78, 5) is 12.2. The van der Waals surface area contributed by atoms with Gasteiger partial charge in [0.2, 0.25) is 0 Å². The first-order valence-electron chi connectivity index (χ1n) is 5.87. The van der Waals surface area contributed by atoms with Gasteiger partial charge in [-0.2, -0.15) is 0 Å². The van der Waals surface area contributed by atoms with Gasteiger partial charge in [-0.3, -0.25) is 4.79 Å². The van der Waals surface area contributed by atoms with Crippen molar-refractivity contribution in [3.63, 3.8) is 0 Å². The topological polar surface area (TPSA) is 29.1 Å². The van der Waals surface area contributed by atoms with Gasteiger partial charge in [-0.25, -0.2) is 0 Å². The number of carbonyl (C=O) groups excluding carboxylic acids is 1. The van der Waals surface area contributed by atoms with Gasteiger partial charge in [-0.15, -0.1) is 0 Å². The van der Waals surface area contributed by atoms with Gasteiger partial charge in [-0.05, 0) is 39.3 Å². The molecule has 0 aliphatic heterocycles. The van der Waals surface area contributed by atoms with Crippen molar-refractivity contribution < 1.29 is 4.79 Å². The summed E-state index contributed by atoms with van der Waals surface area (Å²) in [6.45, 7) is 8.13. The Labute approximate surface area is 112 Å². The van der Waals surface area contributed by atoms with E-state index in [1.165, 1.54) is 0 Å². The van der Waals surface area contributed by atoms with Crippen LogP contribution in [-0.2, 0) is 0 Å². The largest absolute Gasteiger partial charge is 0.346 e. The normalized spacial score (nSPS) is 14.2. The van der Waals surface area contributed by atoms with Crippen LogP contribution in [0.4, 0.5) is 0 Å². The van der Waals surface area contributed by atoms with E-state index in [1.54, 1.807) is 0 Å². The Morgan fingerprint density at radius 2 is 1.82 bits per heavy atom. The third kappa shape index (κ3) is 3.84. The number of aryl methyl sites for hydroxylation is 2. The summed E-state index contributed by atoms with van der Waals surface area (Å²) in [6, 6.07) is 5.92. The zero-order valence-corrected chi connectivity index (χ0v) is 12.5. The molecular formula is C14H20BrNO. The average molecular weight is 298 g/mol. The van der Waals surface area contributed by atoms with E-state index in [9.17, 15) is 4.79 Å². The minimum Gasteiger partial charge on any atom is -0.346 e. The lowest BCUT2D eigenvalue weighted by Gasteiger charge is -2.27. The Morgan fingerprint density at radius 3 is 2.24 bits per heavy atom. The number of nitrogens with one attached hydrogen (secondary N) is 1. The monoisotopic (exact) mass is 297 g/mol. The third-order valence-corrected chi connectivity index (χ3v) is 4.21. The SMILES string of the molecule is CCC(C)(CBr)NC(=O)c1cc(C)cc(C)c1. The highest BCUT2D eigenvalue weighted by Gasteiger charge is 2.23. The van der Waals surface area contributed by atoms with Gasteiger partial charge in [0.1, 0.15) is 0 Å². The molecule has 0 saturated carbocycles. The molecule has 0 heterocycles. The van der Waals surface area contributed by atoms with Crippen LogP contribution in [0.3, 0.4) is 0 Å². The van der Waals surface area contributed by atoms with E-state index in [4.69, 9.17) is 0 Å². The van der Waals surface area contributed by atoms with Crippen molar-refractivity contribution in [1.82, 2.24) is 5.32 Å². The lowest BCUT2D eigenvalue weighted by molar-refractivity contribution is 0.0913. The highest BCUT2D eigenvalue weighted by atomic mass is 79.9. The smallest absolute Gasteiger partial charge is 0.251 e. The standard InChI is InChI=1S/C14H20BrNO/c1-5-14(4,9-15)16-13(17)12-7-10(2)6-11(3)8-12/h6-8H,5,9H2,1-4H3,(H,16,17). The maximum atomic E-state index is 12.2. The van der Waals surface area contributed by atoms with Crippen LogP contribution in [-0.4, -0.2) is 16.8 Å². The van der Waals surface area contributed by atoms with Crippen LogP contribution in [0.1, 0.15) is 41.8 Å². The van der Waals surface area contributed by atoms with Gasteiger partial charge in [0.05, 0.1) is 0 Å². The maximum Gasteiger partial charge on any atom is 0.251 e. The zero-order chi connectivity index (χ0) is 13.1. The van der Waals surface area contributed by atoms with Gasteiger partial charge in [0, 0.05) is 16.4 Å². The molecule has 1 unspecified atom stereocenters. The van der Waals surface area contributed by atoms with Crippen LogP contribution in [0.15, 0.2) is 18.2 Å². The highest BCUT2D eigenvalue weighted by Crippen LogP contribution is 2.15. The number of carbonyl (C=O) groups is 1. The average Bonchev–Trinajstić information content (AvgIpc) is 2.27. The van der Waals surface area contributed by atoms with Crippen molar-refractivity contribution >= 4 is 21.8 Å². The molecule has 0 bridgehead atoms. The molecule has 1 atom stereocenters. The minimum atomic E-state index is -0.186. The Balaban J connectivity index is 2.90. The third-order valence-electron chi connectivity index (χ3n) is 2.97. The molecule has 1 N–H and O–H groups in total. The van der Waals surface area contributed by atoms with Crippen LogP contribution in [0, 0.1) is 13.8 Å². The van der Waals surface area contributed by atoms with Gasteiger partial charge in [0.25, 0.3) is 5.91 Å². The molecule has 0 spiro atoms. The predicted molar refractivity (Wildman–Crippen MR) is 75.9 cm³/mol. The molecule has 0 aliphatic carbocycles. The molecule has 3 heteroatoms. The van der Waals surface area contributed by atoms with Gasteiger partial charge in [-0.1, -0.05) is 40.0 Å². The van der Waals surface area contributed by atoms with Crippen LogP contribution in [0.2, 0.25) is 0 Å². The van der Waals surface area contributed by atoms with E-state index in [0.717, 1.165) is 28.4 Å². The minimum absolute atomic E-state index is 0.000556. The predicted octanol–water partition coefficient (Wildman–Crippen LogP) is 3.60. The van der Waals surface area contributed by atoms with Crippen molar-refractivity contribution in [2.75, 3.05) is 5.33 Å². The first kappa shape index (κ1) is 14.2. The Morgan fingerprint density at radius 1 is 1.29 bits per heavy atom. The first-order chi connectivity index (χ1) is 7.90. The van der Waals surface area contributed by atoms with E-state index in [1.807, 2.05) is 32.9 Å².